The molecule has 1 aliphatic rings. The summed E-state index contributed by atoms with van der Waals surface area (Å²) in [6, 6.07) is 7.82. The summed E-state index contributed by atoms with van der Waals surface area (Å²) in [7, 11) is 0. The fourth-order valence-electron chi connectivity index (χ4n) is 2.68. The predicted molar refractivity (Wildman–Crippen MR) is 83.6 cm³/mol. The van der Waals surface area contributed by atoms with Gasteiger partial charge in [0.15, 0.2) is 0 Å². The number of hydrogen-bond acceptors (Lipinski definition) is 6. The molecule has 0 saturated carbocycles. The minimum Gasteiger partial charge on any atom is -0.489 e. The molecule has 0 fully saturated rings. The number of nitrogens with zero attached hydrogens (tertiary/aromatic N) is 4. The van der Waals surface area contributed by atoms with Crippen LogP contribution in [0.4, 0.5) is 11.4 Å². The van der Waals surface area contributed by atoms with E-state index in [0.29, 0.717) is 13.2 Å². The van der Waals surface area contributed by atoms with Crippen molar-refractivity contribution < 1.29 is 14.8 Å². The molecular formula is C15H18N4O4. The van der Waals surface area contributed by atoms with Gasteiger partial charge >= 0.3 is 5.69 Å². The fourth-order valence-corrected chi connectivity index (χ4v) is 2.68. The topological polar surface area (TPSA) is 93.7 Å². The maximum atomic E-state index is 10.7. The number of rotatable bonds is 5. The number of para-hydroxylation sites is 2. The van der Waals surface area contributed by atoms with Crippen molar-refractivity contribution in [1.29, 1.82) is 0 Å². The van der Waals surface area contributed by atoms with Crippen molar-refractivity contribution in [1.82, 2.24) is 9.78 Å². The highest BCUT2D eigenvalue weighted by Gasteiger charge is 2.26. The Morgan fingerprint density at radius 1 is 1.48 bits per heavy atom. The molecule has 122 valence electrons. The van der Waals surface area contributed by atoms with E-state index in [1.807, 2.05) is 31.2 Å². The average Bonchev–Trinajstić information content (AvgIpc) is 2.99. The first-order valence-electron chi connectivity index (χ1n) is 7.38. The molecule has 8 nitrogen and oxygen atoms in total. The molecule has 1 aliphatic heterocycles. The van der Waals surface area contributed by atoms with Crippen LogP contribution < -0.4 is 9.64 Å². The van der Waals surface area contributed by atoms with Gasteiger partial charge in [0.05, 0.1) is 29.3 Å². The van der Waals surface area contributed by atoms with Gasteiger partial charge in [-0.15, -0.1) is 0 Å². The van der Waals surface area contributed by atoms with Gasteiger partial charge in [-0.25, -0.2) is 0 Å². The first kappa shape index (κ1) is 15.3. The molecule has 1 N–H and O–H groups in total. The van der Waals surface area contributed by atoms with E-state index in [2.05, 4.69) is 10.00 Å². The lowest BCUT2D eigenvalue weighted by molar-refractivity contribution is -0.385. The number of fused-ring (bicyclic) bond motifs is 1. The zero-order valence-corrected chi connectivity index (χ0v) is 12.7. The van der Waals surface area contributed by atoms with Gasteiger partial charge in [-0.3, -0.25) is 14.8 Å². The molecule has 0 saturated heterocycles. The lowest BCUT2D eigenvalue weighted by atomic mass is 10.1. The van der Waals surface area contributed by atoms with Crippen LogP contribution in [0.5, 0.6) is 5.75 Å². The summed E-state index contributed by atoms with van der Waals surface area (Å²) in [6.07, 6.45) is 1.79. The zero-order valence-electron chi connectivity index (χ0n) is 12.7. The summed E-state index contributed by atoms with van der Waals surface area (Å²) < 4.78 is 7.07. The fraction of sp³-hybridized carbons (Fsp3) is 0.400. The molecule has 8 heteroatoms. The maximum Gasteiger partial charge on any atom is 0.306 e. The van der Waals surface area contributed by atoms with E-state index in [4.69, 9.17) is 4.74 Å². The Hall–Kier alpha value is -2.61. The van der Waals surface area contributed by atoms with Crippen LogP contribution in [0, 0.1) is 10.1 Å². The van der Waals surface area contributed by atoms with Crippen molar-refractivity contribution in [3.8, 4) is 5.75 Å². The van der Waals surface area contributed by atoms with Crippen LogP contribution in [-0.2, 0) is 6.54 Å². The lowest BCUT2D eigenvalue weighted by Crippen LogP contribution is -2.45. The normalized spacial score (nSPS) is 18.2. The van der Waals surface area contributed by atoms with E-state index in [9.17, 15) is 15.2 Å². The van der Waals surface area contributed by atoms with Crippen molar-refractivity contribution in [2.75, 3.05) is 18.1 Å². The zero-order chi connectivity index (χ0) is 16.4. The minimum absolute atomic E-state index is 0.0812. The van der Waals surface area contributed by atoms with Crippen LogP contribution in [0.25, 0.3) is 0 Å². The number of aliphatic hydroxyl groups excluding tert-OH is 1. The van der Waals surface area contributed by atoms with E-state index in [1.54, 1.807) is 0 Å². The second-order valence-electron chi connectivity index (χ2n) is 5.61. The quantitative estimate of drug-likeness (QED) is 0.662. The summed E-state index contributed by atoms with van der Waals surface area (Å²) in [5, 5.41) is 24.9. The third-order valence-corrected chi connectivity index (χ3v) is 3.82. The van der Waals surface area contributed by atoms with Crippen LogP contribution in [0.2, 0.25) is 0 Å². The van der Waals surface area contributed by atoms with E-state index in [1.165, 1.54) is 17.1 Å². The summed E-state index contributed by atoms with van der Waals surface area (Å²) in [5.41, 5.74) is 0.860. The van der Waals surface area contributed by atoms with Gasteiger partial charge in [0.25, 0.3) is 0 Å². The molecule has 2 unspecified atom stereocenters. The minimum atomic E-state index is -0.705. The highest BCUT2D eigenvalue weighted by atomic mass is 16.6. The molecule has 0 amide bonds. The molecule has 0 radical (unpaired) electrons. The van der Waals surface area contributed by atoms with E-state index in [0.717, 1.165) is 11.4 Å². The molecule has 2 aromatic rings. The van der Waals surface area contributed by atoms with Crippen molar-refractivity contribution in [3.63, 3.8) is 0 Å². The van der Waals surface area contributed by atoms with Crippen LogP contribution in [0.1, 0.15) is 6.92 Å². The third-order valence-electron chi connectivity index (χ3n) is 3.82. The smallest absolute Gasteiger partial charge is 0.306 e. The molecule has 2 atom stereocenters. The SMILES string of the molecule is CC1COc2ccccc2N1CC(O)Cn1cc([N+](=O)[O-])cn1. The van der Waals surface area contributed by atoms with E-state index in [-0.39, 0.29) is 18.3 Å². The number of anilines is 1. The second-order valence-corrected chi connectivity index (χ2v) is 5.61. The van der Waals surface area contributed by atoms with Gasteiger partial charge in [0.1, 0.15) is 24.8 Å². The summed E-state index contributed by atoms with van der Waals surface area (Å²) in [5.74, 6) is 0.799. The van der Waals surface area contributed by atoms with Gasteiger partial charge < -0.3 is 14.7 Å². The van der Waals surface area contributed by atoms with E-state index >= 15 is 0 Å². The number of aromatic nitrogens is 2. The van der Waals surface area contributed by atoms with Crippen molar-refractivity contribution in [2.24, 2.45) is 0 Å². The van der Waals surface area contributed by atoms with Crippen LogP contribution in [0.3, 0.4) is 0 Å². The molecule has 0 aliphatic carbocycles. The first-order chi connectivity index (χ1) is 11.0. The Morgan fingerprint density at radius 3 is 3.00 bits per heavy atom. The van der Waals surface area contributed by atoms with Gasteiger partial charge in [-0.05, 0) is 19.1 Å². The van der Waals surface area contributed by atoms with Crippen LogP contribution in [0.15, 0.2) is 36.7 Å². The van der Waals surface area contributed by atoms with Crippen molar-refractivity contribution in [3.05, 3.63) is 46.8 Å². The molecule has 0 spiro atoms. The Kier molecular flexibility index (Phi) is 4.16. The second kappa shape index (κ2) is 6.25. The summed E-state index contributed by atoms with van der Waals surface area (Å²) in [6.45, 7) is 3.17. The summed E-state index contributed by atoms with van der Waals surface area (Å²) >= 11 is 0. The van der Waals surface area contributed by atoms with Gasteiger partial charge in [-0.2, -0.15) is 5.10 Å². The average molecular weight is 318 g/mol. The highest BCUT2D eigenvalue weighted by molar-refractivity contribution is 5.60. The van der Waals surface area contributed by atoms with Crippen LogP contribution in [-0.4, -0.2) is 45.1 Å². The Bertz CT molecular complexity index is 702. The molecule has 3 rings (SSSR count). The molecule has 1 aromatic carbocycles. The number of aliphatic hydroxyl groups is 1. The number of benzene rings is 1. The first-order valence-corrected chi connectivity index (χ1v) is 7.38. The number of ether oxygens (including phenoxy) is 1. The van der Waals surface area contributed by atoms with E-state index < -0.39 is 11.0 Å². The molecule has 1 aromatic heterocycles. The van der Waals surface area contributed by atoms with Crippen molar-refractivity contribution in [2.45, 2.75) is 25.6 Å². The molecular weight excluding hydrogens is 300 g/mol. The van der Waals surface area contributed by atoms with Gasteiger partial charge in [0, 0.05) is 6.54 Å². The largest absolute Gasteiger partial charge is 0.489 e. The molecule has 2 heterocycles. The Balaban J connectivity index is 1.69. The van der Waals surface area contributed by atoms with Crippen molar-refractivity contribution >= 4 is 11.4 Å². The number of β-amino-alcohol motifs (C(OH)–C–C–N with tert-alkyl or cyclic N) is 1. The predicted octanol–water partition coefficient (Wildman–Crippen LogP) is 1.44. The number of nitro groups is 1. The Morgan fingerprint density at radius 2 is 2.26 bits per heavy atom. The maximum absolute atomic E-state index is 10.7. The monoisotopic (exact) mass is 318 g/mol. The third kappa shape index (κ3) is 3.26. The molecule has 0 bridgehead atoms. The standard InChI is InChI=1S/C15H18N4O4/c1-11-10-23-15-5-3-2-4-14(15)18(11)9-13(20)8-17-7-12(6-16-17)19(21)22/h2-7,11,13,20H,8-10H2,1H3. The Labute approximate surface area is 133 Å². The molecule has 23 heavy (non-hydrogen) atoms. The number of hydrogen-bond donors (Lipinski definition) is 1. The summed E-state index contributed by atoms with van der Waals surface area (Å²) in [4.78, 5) is 12.2. The van der Waals surface area contributed by atoms with Crippen LogP contribution >= 0.6 is 0 Å². The van der Waals surface area contributed by atoms with Gasteiger partial charge in [0.2, 0.25) is 0 Å². The highest BCUT2D eigenvalue weighted by Crippen LogP contribution is 2.33. The van der Waals surface area contributed by atoms with Gasteiger partial charge in [-0.1, -0.05) is 12.1 Å². The lowest BCUT2D eigenvalue weighted by Gasteiger charge is -2.37.